The molecule has 0 aliphatic heterocycles. The van der Waals surface area contributed by atoms with Crippen molar-refractivity contribution in [3.8, 4) is 22.5 Å². The van der Waals surface area contributed by atoms with Gasteiger partial charge in [-0.2, -0.15) is 9.73 Å². The second-order valence-electron chi connectivity index (χ2n) is 9.85. The molecule has 0 fully saturated rings. The fourth-order valence-electron chi connectivity index (χ4n) is 4.27. The summed E-state index contributed by atoms with van der Waals surface area (Å²) >= 11 is -0.543. The fourth-order valence-corrected chi connectivity index (χ4v) is 4.27. The summed E-state index contributed by atoms with van der Waals surface area (Å²) in [6, 6.07) is 16.2. The molecular weight excluding hydrogens is 611 g/mol. The van der Waals surface area contributed by atoms with Gasteiger partial charge in [0.25, 0.3) is 5.82 Å². The zero-order valence-electron chi connectivity index (χ0n) is 23.8. The monoisotopic (exact) mass is 646 g/mol. The van der Waals surface area contributed by atoms with Gasteiger partial charge in [0.05, 0.1) is 6.61 Å². The van der Waals surface area contributed by atoms with Crippen molar-refractivity contribution in [2.24, 2.45) is 0 Å². The summed E-state index contributed by atoms with van der Waals surface area (Å²) in [4.78, 5) is 28.7. The quantitative estimate of drug-likeness (QED) is 0.170. The van der Waals surface area contributed by atoms with Crippen LogP contribution in [0.2, 0.25) is 14.8 Å². The van der Waals surface area contributed by atoms with Crippen molar-refractivity contribution in [2.45, 2.75) is 54.9 Å². The van der Waals surface area contributed by atoms with Crippen LogP contribution < -0.4 is 5.10 Å². The minimum atomic E-state index is -0.543. The third-order valence-corrected chi connectivity index (χ3v) is 5.91. The maximum atomic E-state index is 12.3. The molecule has 0 N–H and O–H groups in total. The summed E-state index contributed by atoms with van der Waals surface area (Å²) in [5, 5.41) is 19.6. The Morgan fingerprint density at radius 1 is 1.00 bits per heavy atom. The van der Waals surface area contributed by atoms with Crippen LogP contribution in [0.4, 0.5) is 0 Å². The van der Waals surface area contributed by atoms with Crippen molar-refractivity contribution in [3.63, 3.8) is 0 Å². The Labute approximate surface area is 241 Å². The molecule has 10 nitrogen and oxygen atoms in total. The number of aromatic nitrogens is 8. The fraction of sp³-hybridized carbons (Fsp3) is 0.345. The van der Waals surface area contributed by atoms with Gasteiger partial charge in [0.15, 0.2) is 5.65 Å². The molecule has 0 atom stereocenters. The molecule has 0 spiro atoms. The molecule has 0 saturated carbocycles. The second-order valence-corrected chi connectivity index (χ2v) is 18.4. The van der Waals surface area contributed by atoms with E-state index < -0.39 is 25.7 Å². The van der Waals surface area contributed by atoms with Crippen LogP contribution in [0.5, 0.6) is 0 Å². The van der Waals surface area contributed by atoms with Gasteiger partial charge in [-0.15, -0.1) is 5.10 Å². The maximum absolute atomic E-state index is 12.3. The van der Waals surface area contributed by atoms with E-state index >= 15 is 0 Å². The molecule has 0 saturated heterocycles. The van der Waals surface area contributed by atoms with Crippen LogP contribution >= 0.6 is 0 Å². The SMILES string of the molecule is CCCc1nc(C)n2nc(C(=O)OCC)nc2c1Cc1ccc(-c2ccccc2-c2nnn[n-]2)cc1.[CH3][Sn+]([CH3])[CH3]. The number of benzene rings is 2. The summed E-state index contributed by atoms with van der Waals surface area (Å²) in [5.41, 5.74) is 6.56. The Hall–Kier alpha value is -3.67. The predicted molar refractivity (Wildman–Crippen MR) is 156 cm³/mol. The Bertz CT molecular complexity index is 1560. The van der Waals surface area contributed by atoms with Gasteiger partial charge >= 0.3 is 40.5 Å². The molecular formula is C29H34N8O2Sn. The zero-order chi connectivity index (χ0) is 28.6. The van der Waals surface area contributed by atoms with Gasteiger partial charge < -0.3 is 9.84 Å². The van der Waals surface area contributed by atoms with Crippen LogP contribution in [-0.4, -0.2) is 67.4 Å². The molecule has 3 aromatic heterocycles. The molecule has 40 heavy (non-hydrogen) atoms. The van der Waals surface area contributed by atoms with Gasteiger partial charge in [-0.3, -0.25) is 10.3 Å². The predicted octanol–water partition coefficient (Wildman–Crippen LogP) is 5.00. The normalized spacial score (nSPS) is 10.8. The molecule has 0 radical (unpaired) electrons. The van der Waals surface area contributed by atoms with E-state index in [4.69, 9.17) is 9.72 Å². The summed E-state index contributed by atoms with van der Waals surface area (Å²) in [6.45, 7) is 6.01. The van der Waals surface area contributed by atoms with Crippen molar-refractivity contribution in [1.29, 1.82) is 0 Å². The van der Waals surface area contributed by atoms with E-state index in [9.17, 15) is 4.79 Å². The van der Waals surface area contributed by atoms with E-state index in [2.05, 4.69) is 76.7 Å². The van der Waals surface area contributed by atoms with Gasteiger partial charge in [0.1, 0.15) is 5.82 Å². The molecule has 0 amide bonds. The van der Waals surface area contributed by atoms with Crippen LogP contribution in [0, 0.1) is 6.92 Å². The van der Waals surface area contributed by atoms with Crippen molar-refractivity contribution >= 4 is 31.4 Å². The number of nitrogens with zero attached hydrogens (tertiary/aromatic N) is 8. The van der Waals surface area contributed by atoms with Crippen molar-refractivity contribution in [3.05, 3.63) is 77.0 Å². The third-order valence-electron chi connectivity index (χ3n) is 5.91. The number of hydrogen-bond acceptors (Lipinski definition) is 8. The molecule has 2 aromatic carbocycles. The number of rotatable bonds is 8. The molecule has 11 heteroatoms. The molecule has 0 unspecified atom stereocenters. The number of carbonyl (C=O) groups excluding carboxylic acids is 1. The summed E-state index contributed by atoms with van der Waals surface area (Å²) in [6.07, 6.45) is 2.36. The number of fused-ring (bicyclic) bond motifs is 1. The number of ether oxygens (including phenoxy) is 1. The average Bonchev–Trinajstić information content (AvgIpc) is 3.63. The van der Waals surface area contributed by atoms with Gasteiger partial charge in [-0.1, -0.05) is 61.9 Å². The molecule has 5 aromatic rings. The van der Waals surface area contributed by atoms with E-state index in [0.717, 1.165) is 46.4 Å². The number of tetrazole rings is 1. The number of hydrogen-bond donors (Lipinski definition) is 0. The average molecular weight is 645 g/mol. The Kier molecular flexibility index (Phi) is 9.97. The van der Waals surface area contributed by atoms with Crippen molar-refractivity contribution < 1.29 is 9.53 Å². The zero-order valence-corrected chi connectivity index (χ0v) is 26.7. The van der Waals surface area contributed by atoms with E-state index in [1.54, 1.807) is 11.4 Å². The number of aryl methyl sites for hydroxylation is 2. The first-order valence-corrected chi connectivity index (χ1v) is 21.9. The van der Waals surface area contributed by atoms with E-state index in [0.29, 0.717) is 23.7 Å². The van der Waals surface area contributed by atoms with Crippen LogP contribution in [0.15, 0.2) is 48.5 Å². The summed E-state index contributed by atoms with van der Waals surface area (Å²) in [5.74, 6) is 0.690. The van der Waals surface area contributed by atoms with Gasteiger partial charge in [-0.25, -0.2) is 14.8 Å². The van der Waals surface area contributed by atoms with E-state index in [1.807, 2.05) is 31.2 Å². The minimum absolute atomic E-state index is 0.0438. The van der Waals surface area contributed by atoms with Crippen molar-refractivity contribution in [2.75, 3.05) is 6.61 Å². The van der Waals surface area contributed by atoms with Gasteiger partial charge in [0, 0.05) is 23.5 Å². The molecule has 0 aliphatic carbocycles. The first-order valence-electron chi connectivity index (χ1n) is 13.4. The van der Waals surface area contributed by atoms with Crippen LogP contribution in [0.25, 0.3) is 28.2 Å². The first-order chi connectivity index (χ1) is 19.3. The first kappa shape index (κ1) is 29.3. The van der Waals surface area contributed by atoms with Gasteiger partial charge in [0.2, 0.25) is 0 Å². The van der Waals surface area contributed by atoms with E-state index in [1.165, 1.54) is 0 Å². The molecule has 3 heterocycles. The Balaban J connectivity index is 0.000000867. The van der Waals surface area contributed by atoms with Crippen molar-refractivity contribution in [1.82, 2.24) is 40.2 Å². The molecule has 0 bridgehead atoms. The van der Waals surface area contributed by atoms with Crippen LogP contribution in [0.3, 0.4) is 0 Å². The molecule has 5 rings (SSSR count). The van der Waals surface area contributed by atoms with Crippen LogP contribution in [0.1, 0.15) is 53.5 Å². The summed E-state index contributed by atoms with van der Waals surface area (Å²) in [7, 11) is 0. The Morgan fingerprint density at radius 3 is 2.33 bits per heavy atom. The molecule has 0 aliphatic rings. The second kappa shape index (κ2) is 13.6. The Morgan fingerprint density at radius 2 is 1.70 bits per heavy atom. The third kappa shape index (κ3) is 6.90. The summed E-state index contributed by atoms with van der Waals surface area (Å²) < 4.78 is 6.74. The number of esters is 1. The van der Waals surface area contributed by atoms with Gasteiger partial charge in [-0.05, 0) is 42.5 Å². The van der Waals surface area contributed by atoms with Crippen LogP contribution in [-0.2, 0) is 17.6 Å². The topological polar surface area (TPSA) is 122 Å². The number of carbonyl (C=O) groups is 1. The van der Waals surface area contributed by atoms with E-state index in [-0.39, 0.29) is 12.4 Å². The standard InChI is InChI=1S/C26H25N8O2.3CH3.Sn/c1-4-8-22-21(25-28-24(26(35)36-5-2)31-34(25)16(3)27-22)15-17-11-13-18(14-12-17)19-9-6-7-10-20(19)23-29-32-33-30-23;;;;/h6-7,9-14H,4-5,8,15H2,1-3H3;3*1H3;/q-1;;;;+1. The molecule has 206 valence electrons.